The van der Waals surface area contributed by atoms with E-state index in [2.05, 4.69) is 12.2 Å². The molecule has 94 valence electrons. The van der Waals surface area contributed by atoms with Crippen LogP contribution in [0.25, 0.3) is 0 Å². The molecule has 3 heteroatoms. The fourth-order valence-electron chi connectivity index (χ4n) is 2.20. The van der Waals surface area contributed by atoms with E-state index in [1.165, 1.54) is 18.2 Å². The molecule has 0 bridgehead atoms. The molecule has 0 heterocycles. The highest BCUT2D eigenvalue weighted by molar-refractivity contribution is 5.23. The Hall–Kier alpha value is -0.960. The summed E-state index contributed by atoms with van der Waals surface area (Å²) in [5.74, 6) is -0.821. The fraction of sp³-hybridized carbons (Fsp3) is 0.571. The molecular formula is C14H19F2N. The van der Waals surface area contributed by atoms with Gasteiger partial charge in [-0.05, 0) is 49.8 Å². The zero-order valence-corrected chi connectivity index (χ0v) is 10.2. The van der Waals surface area contributed by atoms with E-state index in [-0.39, 0.29) is 11.0 Å². The van der Waals surface area contributed by atoms with Crippen molar-refractivity contribution in [3.63, 3.8) is 0 Å². The zero-order valence-electron chi connectivity index (χ0n) is 10.2. The quantitative estimate of drug-likeness (QED) is 0.751. The number of hydrogen-bond acceptors (Lipinski definition) is 1. The summed E-state index contributed by atoms with van der Waals surface area (Å²) in [6.07, 6.45) is 3.74. The smallest absolute Gasteiger partial charge is 0.129 e. The molecule has 0 aliphatic heterocycles. The van der Waals surface area contributed by atoms with Crippen LogP contribution in [0.3, 0.4) is 0 Å². The lowest BCUT2D eigenvalue weighted by atomic mass is 9.95. The van der Waals surface area contributed by atoms with Crippen LogP contribution in [0.5, 0.6) is 0 Å². The lowest BCUT2D eigenvalue weighted by Gasteiger charge is -2.16. The van der Waals surface area contributed by atoms with Gasteiger partial charge in [-0.3, -0.25) is 0 Å². The van der Waals surface area contributed by atoms with Crippen molar-refractivity contribution in [2.45, 2.75) is 32.6 Å². The molecule has 0 saturated heterocycles. The Balaban J connectivity index is 2.00. The molecule has 1 fully saturated rings. The van der Waals surface area contributed by atoms with Gasteiger partial charge in [-0.2, -0.15) is 0 Å². The van der Waals surface area contributed by atoms with Gasteiger partial charge < -0.3 is 5.32 Å². The van der Waals surface area contributed by atoms with E-state index < -0.39 is 11.6 Å². The van der Waals surface area contributed by atoms with E-state index in [1.54, 1.807) is 0 Å². The fourth-order valence-corrected chi connectivity index (χ4v) is 2.20. The van der Waals surface area contributed by atoms with Crippen LogP contribution in [0.4, 0.5) is 8.78 Å². The van der Waals surface area contributed by atoms with Crippen LogP contribution in [0.1, 0.15) is 31.7 Å². The zero-order chi connectivity index (χ0) is 12.3. The molecular weight excluding hydrogens is 220 g/mol. The summed E-state index contributed by atoms with van der Waals surface area (Å²) in [6, 6.07) is 4.10. The molecule has 0 aromatic heterocycles. The monoisotopic (exact) mass is 239 g/mol. The number of rotatable bonds is 6. The number of halogens is 2. The third-order valence-electron chi connectivity index (χ3n) is 3.50. The molecule has 1 aliphatic rings. The van der Waals surface area contributed by atoms with Crippen LogP contribution < -0.4 is 5.32 Å². The van der Waals surface area contributed by atoms with Crippen molar-refractivity contribution in [1.82, 2.24) is 5.32 Å². The van der Waals surface area contributed by atoms with Gasteiger partial charge in [0.15, 0.2) is 0 Å². The Morgan fingerprint density at radius 2 is 1.88 bits per heavy atom. The van der Waals surface area contributed by atoms with E-state index in [4.69, 9.17) is 0 Å². The molecule has 1 saturated carbocycles. The highest BCUT2D eigenvalue weighted by Gasteiger charge is 2.43. The molecule has 0 radical (unpaired) electrons. The first-order valence-corrected chi connectivity index (χ1v) is 6.30. The Kier molecular flexibility index (Phi) is 3.77. The van der Waals surface area contributed by atoms with E-state index >= 15 is 0 Å². The Morgan fingerprint density at radius 1 is 1.24 bits per heavy atom. The number of nitrogens with one attached hydrogen (secondary N) is 1. The van der Waals surface area contributed by atoms with E-state index in [9.17, 15) is 8.78 Å². The Morgan fingerprint density at radius 3 is 2.41 bits per heavy atom. The summed E-state index contributed by atoms with van der Waals surface area (Å²) in [5.41, 5.74) is 0.348. The summed E-state index contributed by atoms with van der Waals surface area (Å²) >= 11 is 0. The lowest BCUT2D eigenvalue weighted by Crippen LogP contribution is -2.26. The highest BCUT2D eigenvalue weighted by Crippen LogP contribution is 2.48. The molecule has 17 heavy (non-hydrogen) atoms. The van der Waals surface area contributed by atoms with Crippen LogP contribution >= 0.6 is 0 Å². The van der Waals surface area contributed by atoms with Gasteiger partial charge >= 0.3 is 0 Å². The largest absolute Gasteiger partial charge is 0.316 e. The normalized spacial score (nSPS) is 17.1. The van der Waals surface area contributed by atoms with Crippen molar-refractivity contribution in [2.24, 2.45) is 5.41 Å². The average Bonchev–Trinajstić information content (AvgIpc) is 3.05. The predicted molar refractivity (Wildman–Crippen MR) is 64.9 cm³/mol. The second-order valence-corrected chi connectivity index (χ2v) is 5.05. The van der Waals surface area contributed by atoms with Crippen LogP contribution in [0.2, 0.25) is 0 Å². The van der Waals surface area contributed by atoms with Gasteiger partial charge in [0.25, 0.3) is 0 Å². The molecule has 1 aromatic rings. The number of benzene rings is 1. The van der Waals surface area contributed by atoms with Crippen molar-refractivity contribution in [3.8, 4) is 0 Å². The molecule has 0 amide bonds. The maximum atomic E-state index is 13.5. The van der Waals surface area contributed by atoms with E-state index in [0.29, 0.717) is 6.42 Å². The van der Waals surface area contributed by atoms with Crippen molar-refractivity contribution < 1.29 is 8.78 Å². The van der Waals surface area contributed by atoms with Gasteiger partial charge in [0, 0.05) is 12.1 Å². The molecule has 0 atom stereocenters. The van der Waals surface area contributed by atoms with Gasteiger partial charge in [-0.1, -0.05) is 13.0 Å². The highest BCUT2D eigenvalue weighted by atomic mass is 19.1. The van der Waals surface area contributed by atoms with Crippen molar-refractivity contribution >= 4 is 0 Å². The van der Waals surface area contributed by atoms with Crippen LogP contribution in [0.15, 0.2) is 18.2 Å². The van der Waals surface area contributed by atoms with Gasteiger partial charge in [0.2, 0.25) is 0 Å². The Bertz CT molecular complexity index is 366. The summed E-state index contributed by atoms with van der Waals surface area (Å²) in [6.45, 7) is 3.96. The molecule has 0 unspecified atom stereocenters. The van der Waals surface area contributed by atoms with Crippen LogP contribution in [0, 0.1) is 17.0 Å². The van der Waals surface area contributed by atoms with Crippen molar-refractivity contribution in [3.05, 3.63) is 35.4 Å². The van der Waals surface area contributed by atoms with Gasteiger partial charge in [-0.15, -0.1) is 0 Å². The maximum Gasteiger partial charge on any atom is 0.129 e. The minimum Gasteiger partial charge on any atom is -0.316 e. The molecule has 1 aromatic carbocycles. The van der Waals surface area contributed by atoms with Gasteiger partial charge in [0.05, 0.1) is 0 Å². The first kappa shape index (κ1) is 12.5. The van der Waals surface area contributed by atoms with Gasteiger partial charge in [0.1, 0.15) is 11.6 Å². The van der Waals surface area contributed by atoms with Crippen molar-refractivity contribution in [1.29, 1.82) is 0 Å². The van der Waals surface area contributed by atoms with Gasteiger partial charge in [-0.25, -0.2) is 8.78 Å². The standard InChI is InChI=1S/C14H19F2N/c1-2-8-17-10-14(6-7-14)9-11-12(15)4-3-5-13(11)16/h3-5,17H,2,6-10H2,1H3. The topological polar surface area (TPSA) is 12.0 Å². The molecule has 0 spiro atoms. The molecule has 1 aliphatic carbocycles. The third kappa shape index (κ3) is 3.03. The Labute approximate surface area is 101 Å². The van der Waals surface area contributed by atoms with E-state index in [1.807, 2.05) is 0 Å². The molecule has 1 N–H and O–H groups in total. The van der Waals surface area contributed by atoms with Crippen LogP contribution in [-0.2, 0) is 6.42 Å². The SMILES string of the molecule is CCCNCC1(Cc2c(F)cccc2F)CC1. The van der Waals surface area contributed by atoms with Crippen molar-refractivity contribution in [2.75, 3.05) is 13.1 Å². The summed E-state index contributed by atoms with van der Waals surface area (Å²) in [5, 5.41) is 3.35. The summed E-state index contributed by atoms with van der Waals surface area (Å²) < 4.78 is 27.1. The molecule has 2 rings (SSSR count). The second-order valence-electron chi connectivity index (χ2n) is 5.05. The first-order valence-electron chi connectivity index (χ1n) is 6.30. The van der Waals surface area contributed by atoms with Crippen LogP contribution in [-0.4, -0.2) is 13.1 Å². The predicted octanol–water partition coefficient (Wildman–Crippen LogP) is 3.29. The average molecular weight is 239 g/mol. The minimum absolute atomic E-state index is 0.0954. The first-order chi connectivity index (χ1) is 8.17. The number of hydrogen-bond donors (Lipinski definition) is 1. The third-order valence-corrected chi connectivity index (χ3v) is 3.50. The summed E-state index contributed by atoms with van der Waals surface area (Å²) in [7, 11) is 0. The maximum absolute atomic E-state index is 13.5. The lowest BCUT2D eigenvalue weighted by molar-refractivity contribution is 0.433. The summed E-state index contributed by atoms with van der Waals surface area (Å²) in [4.78, 5) is 0. The van der Waals surface area contributed by atoms with E-state index in [0.717, 1.165) is 32.4 Å². The minimum atomic E-state index is -0.410. The molecule has 1 nitrogen and oxygen atoms in total. The second kappa shape index (κ2) is 5.13.